The number of hydrogen-bond donors (Lipinski definition) is 2. The number of carboxylic acid groups (broad SMARTS) is 1. The summed E-state index contributed by atoms with van der Waals surface area (Å²) in [6, 6.07) is 13.8. The number of nitrogens with one attached hydrogen (secondary N) is 1. The molecule has 1 heterocycles. The molecule has 10 heteroatoms. The van der Waals surface area contributed by atoms with E-state index in [0.717, 1.165) is 36.0 Å². The second kappa shape index (κ2) is 12.4. The van der Waals surface area contributed by atoms with E-state index in [4.69, 9.17) is 14.2 Å². The van der Waals surface area contributed by atoms with E-state index in [1.807, 2.05) is 24.3 Å². The van der Waals surface area contributed by atoms with E-state index in [2.05, 4.69) is 34.0 Å². The minimum absolute atomic E-state index is 0.162. The third-order valence-corrected chi connectivity index (χ3v) is 5.37. The van der Waals surface area contributed by atoms with Crippen molar-refractivity contribution in [1.82, 2.24) is 14.9 Å². The molecule has 186 valence electrons. The number of nitrogens with zero attached hydrogens (tertiary/aromatic N) is 4. The number of amides is 1. The molecule has 1 aromatic heterocycles. The van der Waals surface area contributed by atoms with Crippen molar-refractivity contribution in [2.24, 2.45) is 0 Å². The summed E-state index contributed by atoms with van der Waals surface area (Å²) < 4.78 is 16.4. The fraction of sp³-hybridized carbons (Fsp3) is 0.320. The summed E-state index contributed by atoms with van der Waals surface area (Å²) in [6.45, 7) is 7.72. The van der Waals surface area contributed by atoms with Crippen molar-refractivity contribution in [3.8, 4) is 17.2 Å². The molecule has 0 aliphatic carbocycles. The van der Waals surface area contributed by atoms with Crippen molar-refractivity contribution >= 4 is 29.2 Å². The van der Waals surface area contributed by atoms with Crippen LogP contribution in [0, 0.1) is 0 Å². The lowest BCUT2D eigenvalue weighted by molar-refractivity contribution is 0.204. The lowest BCUT2D eigenvalue weighted by Crippen LogP contribution is -2.27. The molecule has 3 rings (SSSR count). The van der Waals surface area contributed by atoms with Crippen LogP contribution in [0.3, 0.4) is 0 Å². The Hall–Kier alpha value is -4.05. The minimum atomic E-state index is -1.22. The molecular weight excluding hydrogens is 450 g/mol. The zero-order chi connectivity index (χ0) is 25.2. The van der Waals surface area contributed by atoms with Crippen molar-refractivity contribution in [2.45, 2.75) is 13.8 Å². The first-order chi connectivity index (χ1) is 17.0. The van der Waals surface area contributed by atoms with Gasteiger partial charge in [0.25, 0.3) is 0 Å². The molecule has 0 atom stereocenters. The van der Waals surface area contributed by atoms with Crippen molar-refractivity contribution < 1.29 is 24.1 Å². The van der Waals surface area contributed by atoms with Gasteiger partial charge in [0, 0.05) is 30.6 Å². The van der Waals surface area contributed by atoms with Crippen molar-refractivity contribution in [3.05, 3.63) is 54.7 Å². The van der Waals surface area contributed by atoms with Gasteiger partial charge in [0.15, 0.2) is 0 Å². The van der Waals surface area contributed by atoms with Gasteiger partial charge in [-0.2, -0.15) is 4.98 Å². The fourth-order valence-electron chi connectivity index (χ4n) is 3.42. The van der Waals surface area contributed by atoms with Crippen molar-refractivity contribution in [1.29, 1.82) is 0 Å². The summed E-state index contributed by atoms with van der Waals surface area (Å²) in [6.07, 6.45) is 0.269. The normalized spacial score (nSPS) is 10.7. The monoisotopic (exact) mass is 481 g/mol. The summed E-state index contributed by atoms with van der Waals surface area (Å²) in [4.78, 5) is 24.1. The maximum atomic E-state index is 12.1. The Morgan fingerprint density at radius 2 is 1.71 bits per heavy atom. The first-order valence-electron chi connectivity index (χ1n) is 11.3. The molecule has 2 aromatic carbocycles. The van der Waals surface area contributed by atoms with Gasteiger partial charge in [0.1, 0.15) is 29.7 Å². The molecule has 0 bridgehead atoms. The Bertz CT molecular complexity index is 1110. The van der Waals surface area contributed by atoms with Crippen LogP contribution < -0.4 is 24.4 Å². The highest BCUT2D eigenvalue weighted by atomic mass is 16.5. The zero-order valence-electron chi connectivity index (χ0n) is 20.4. The Balaban J connectivity index is 1.74. The Morgan fingerprint density at radius 1 is 1.00 bits per heavy atom. The van der Waals surface area contributed by atoms with Gasteiger partial charge < -0.3 is 29.5 Å². The predicted octanol–water partition coefficient (Wildman–Crippen LogP) is 4.77. The van der Waals surface area contributed by atoms with Crippen molar-refractivity contribution in [2.75, 3.05) is 50.7 Å². The summed E-state index contributed by atoms with van der Waals surface area (Å²) in [7, 11) is 2.99. The fourth-order valence-corrected chi connectivity index (χ4v) is 3.42. The molecule has 0 saturated heterocycles. The number of rotatable bonds is 12. The molecule has 2 N–H and O–H groups in total. The average Bonchev–Trinajstić information content (AvgIpc) is 2.88. The predicted molar refractivity (Wildman–Crippen MR) is 135 cm³/mol. The highest BCUT2D eigenvalue weighted by molar-refractivity contribution is 5.95. The zero-order valence-corrected chi connectivity index (χ0v) is 20.4. The molecule has 0 aliphatic rings. The van der Waals surface area contributed by atoms with E-state index in [9.17, 15) is 9.90 Å². The molecule has 0 aliphatic heterocycles. The van der Waals surface area contributed by atoms with E-state index in [0.29, 0.717) is 23.8 Å². The lowest BCUT2D eigenvalue weighted by atomic mass is 10.2. The Morgan fingerprint density at radius 3 is 2.34 bits per heavy atom. The van der Waals surface area contributed by atoms with Crippen LogP contribution in [-0.4, -0.2) is 66.5 Å². The lowest BCUT2D eigenvalue weighted by Gasteiger charge is -2.21. The molecule has 0 unspecified atom stereocenters. The number of anilines is 4. The van der Waals surface area contributed by atoms with Gasteiger partial charge in [-0.15, -0.1) is 0 Å². The Labute approximate surface area is 205 Å². The SMILES string of the molecule is CCN(CC)CCOc1ccc(Nc2nccc(N(C(=O)O)c3ccc(OC)cc3OC)n2)cc1. The van der Waals surface area contributed by atoms with E-state index < -0.39 is 6.09 Å². The molecule has 0 radical (unpaired) electrons. The van der Waals surface area contributed by atoms with Crippen LogP contribution in [0.2, 0.25) is 0 Å². The number of benzene rings is 2. The molecular formula is C25H31N5O5. The maximum absolute atomic E-state index is 12.1. The first-order valence-corrected chi connectivity index (χ1v) is 11.3. The van der Waals surface area contributed by atoms with Gasteiger partial charge in [-0.25, -0.2) is 14.7 Å². The molecule has 0 saturated carbocycles. The largest absolute Gasteiger partial charge is 0.497 e. The van der Waals surface area contributed by atoms with Crippen LogP contribution in [0.25, 0.3) is 0 Å². The molecule has 0 fully saturated rings. The minimum Gasteiger partial charge on any atom is -0.497 e. The van der Waals surface area contributed by atoms with Crippen LogP contribution in [0.5, 0.6) is 17.2 Å². The van der Waals surface area contributed by atoms with E-state index in [1.165, 1.54) is 26.5 Å². The van der Waals surface area contributed by atoms with Crippen LogP contribution >= 0.6 is 0 Å². The molecule has 10 nitrogen and oxygen atoms in total. The third-order valence-electron chi connectivity index (χ3n) is 5.37. The van der Waals surface area contributed by atoms with E-state index >= 15 is 0 Å². The quantitative estimate of drug-likeness (QED) is 0.378. The number of ether oxygens (including phenoxy) is 3. The van der Waals surface area contributed by atoms with Gasteiger partial charge >= 0.3 is 6.09 Å². The number of carbonyl (C=O) groups is 1. The summed E-state index contributed by atoms with van der Waals surface area (Å²) in [5.74, 6) is 2.05. The summed E-state index contributed by atoms with van der Waals surface area (Å²) >= 11 is 0. The molecule has 3 aromatic rings. The highest BCUT2D eigenvalue weighted by Gasteiger charge is 2.23. The van der Waals surface area contributed by atoms with Crippen LogP contribution in [0.15, 0.2) is 54.7 Å². The van der Waals surface area contributed by atoms with Crippen molar-refractivity contribution in [3.63, 3.8) is 0 Å². The standard InChI is InChI=1S/C25H31N5O5/c1-5-29(6-2)15-16-35-19-9-7-18(8-10-19)27-24-26-14-13-23(28-24)30(25(31)32)21-12-11-20(33-3)17-22(21)34-4/h7-14,17H,5-6,15-16H2,1-4H3,(H,31,32)(H,26,27,28). The number of methoxy groups -OCH3 is 2. The first kappa shape index (κ1) is 25.6. The number of likely N-dealkylation sites (N-methyl/N-ethyl adjacent to an activating group) is 1. The Kier molecular flexibility index (Phi) is 9.08. The highest BCUT2D eigenvalue weighted by Crippen LogP contribution is 2.36. The second-order valence-corrected chi connectivity index (χ2v) is 7.42. The van der Waals surface area contributed by atoms with Gasteiger partial charge in [0.2, 0.25) is 5.95 Å². The average molecular weight is 482 g/mol. The van der Waals surface area contributed by atoms with Gasteiger partial charge in [-0.05, 0) is 49.5 Å². The van der Waals surface area contributed by atoms with E-state index in [1.54, 1.807) is 18.2 Å². The smallest absolute Gasteiger partial charge is 0.417 e. The van der Waals surface area contributed by atoms with E-state index in [-0.39, 0.29) is 11.8 Å². The number of aromatic nitrogens is 2. The molecule has 35 heavy (non-hydrogen) atoms. The summed E-state index contributed by atoms with van der Waals surface area (Å²) in [5.41, 5.74) is 1.04. The van der Waals surface area contributed by atoms with Gasteiger partial charge in [0.05, 0.1) is 19.9 Å². The van der Waals surface area contributed by atoms with Gasteiger partial charge in [-0.1, -0.05) is 13.8 Å². The van der Waals surface area contributed by atoms with Crippen LogP contribution in [0.1, 0.15) is 13.8 Å². The van der Waals surface area contributed by atoms with Crippen LogP contribution in [-0.2, 0) is 0 Å². The molecule has 1 amide bonds. The number of hydrogen-bond acceptors (Lipinski definition) is 8. The maximum Gasteiger partial charge on any atom is 0.417 e. The molecule has 0 spiro atoms. The third kappa shape index (κ3) is 6.73. The second-order valence-electron chi connectivity index (χ2n) is 7.42. The summed E-state index contributed by atoms with van der Waals surface area (Å²) in [5, 5.41) is 13.0. The topological polar surface area (TPSA) is 109 Å². The van der Waals surface area contributed by atoms with Gasteiger partial charge in [-0.3, -0.25) is 0 Å². The van der Waals surface area contributed by atoms with Crippen LogP contribution in [0.4, 0.5) is 27.9 Å².